The summed E-state index contributed by atoms with van der Waals surface area (Å²) < 4.78 is 19.0. The number of carbonyl (C=O) groups is 1. The fraction of sp³-hybridized carbons (Fsp3) is 0.588. The molecule has 1 aliphatic rings. The number of rotatable bonds is 7. The molecule has 0 saturated heterocycles. The molecular formula is C17H24FNO3. The van der Waals surface area contributed by atoms with E-state index < -0.39 is 11.9 Å². The molecule has 1 amide bonds. The van der Waals surface area contributed by atoms with E-state index in [9.17, 15) is 9.18 Å². The Morgan fingerprint density at radius 3 is 2.91 bits per heavy atom. The molecule has 5 heteroatoms. The summed E-state index contributed by atoms with van der Waals surface area (Å²) in [7, 11) is 0. The molecule has 0 fully saturated rings. The summed E-state index contributed by atoms with van der Waals surface area (Å²) in [5.41, 5.74) is 0.731. The maximum atomic E-state index is 13.6. The van der Waals surface area contributed by atoms with Crippen LogP contribution in [-0.4, -0.2) is 30.3 Å². The van der Waals surface area contributed by atoms with Gasteiger partial charge in [0.2, 0.25) is 0 Å². The zero-order valence-electron chi connectivity index (χ0n) is 13.1. The number of nitrogens with one attached hydrogen (secondary N) is 1. The largest absolute Gasteiger partial charge is 0.477 e. The van der Waals surface area contributed by atoms with Crippen LogP contribution in [0.15, 0.2) is 18.2 Å². The normalized spacial score (nSPS) is 18.0. The number of para-hydroxylation sites is 1. The number of carbonyl (C=O) groups excluding carboxylic acids is 1. The Morgan fingerprint density at radius 2 is 2.27 bits per heavy atom. The third kappa shape index (κ3) is 4.19. The fourth-order valence-electron chi connectivity index (χ4n) is 2.89. The molecule has 22 heavy (non-hydrogen) atoms. The molecule has 0 aromatic heterocycles. The van der Waals surface area contributed by atoms with Gasteiger partial charge in [0, 0.05) is 25.1 Å². The average molecular weight is 309 g/mol. The number of aliphatic hydroxyl groups is 1. The molecule has 1 heterocycles. The number of fused-ring (bicyclic) bond motifs is 1. The van der Waals surface area contributed by atoms with Gasteiger partial charge in [0.1, 0.15) is 0 Å². The van der Waals surface area contributed by atoms with Gasteiger partial charge in [-0.15, -0.1) is 0 Å². The minimum absolute atomic E-state index is 0.115. The first-order valence-electron chi connectivity index (χ1n) is 7.83. The van der Waals surface area contributed by atoms with Crippen LogP contribution in [0.5, 0.6) is 5.75 Å². The second-order valence-electron chi connectivity index (χ2n) is 6.29. The Bertz CT molecular complexity index is 519. The Balaban J connectivity index is 1.87. The molecule has 0 spiro atoms. The first kappa shape index (κ1) is 16.7. The number of benzene rings is 1. The van der Waals surface area contributed by atoms with E-state index in [1.165, 1.54) is 6.07 Å². The molecule has 1 aromatic carbocycles. The van der Waals surface area contributed by atoms with Crippen molar-refractivity contribution < 1.29 is 19.0 Å². The van der Waals surface area contributed by atoms with Gasteiger partial charge in [-0.05, 0) is 30.7 Å². The summed E-state index contributed by atoms with van der Waals surface area (Å²) in [6.45, 7) is 4.86. The van der Waals surface area contributed by atoms with Crippen LogP contribution in [0.25, 0.3) is 0 Å². The SMILES string of the molecule is CC(C)CC(CCO)CNC(=O)C1Cc2cccc(F)c2O1. The average Bonchev–Trinajstić information content (AvgIpc) is 2.90. The van der Waals surface area contributed by atoms with Gasteiger partial charge in [-0.3, -0.25) is 4.79 Å². The van der Waals surface area contributed by atoms with Crippen molar-refractivity contribution in [1.29, 1.82) is 0 Å². The van der Waals surface area contributed by atoms with E-state index in [4.69, 9.17) is 9.84 Å². The minimum atomic E-state index is -0.666. The molecule has 2 unspecified atom stereocenters. The Labute approximate surface area is 130 Å². The zero-order valence-corrected chi connectivity index (χ0v) is 13.1. The highest BCUT2D eigenvalue weighted by Gasteiger charge is 2.31. The summed E-state index contributed by atoms with van der Waals surface area (Å²) in [6.07, 6.45) is 1.34. The predicted molar refractivity (Wildman–Crippen MR) is 82.2 cm³/mol. The van der Waals surface area contributed by atoms with Crippen molar-refractivity contribution in [1.82, 2.24) is 5.32 Å². The van der Waals surface area contributed by atoms with Crippen molar-refractivity contribution in [2.45, 2.75) is 39.2 Å². The molecule has 2 N–H and O–H groups in total. The van der Waals surface area contributed by atoms with Crippen LogP contribution in [-0.2, 0) is 11.2 Å². The van der Waals surface area contributed by atoms with E-state index in [1.54, 1.807) is 12.1 Å². The van der Waals surface area contributed by atoms with Crippen LogP contribution in [0, 0.1) is 17.7 Å². The molecule has 1 aromatic rings. The van der Waals surface area contributed by atoms with Gasteiger partial charge in [0.05, 0.1) is 0 Å². The maximum absolute atomic E-state index is 13.6. The van der Waals surface area contributed by atoms with E-state index in [-0.39, 0.29) is 24.2 Å². The van der Waals surface area contributed by atoms with Gasteiger partial charge in [-0.2, -0.15) is 0 Å². The van der Waals surface area contributed by atoms with E-state index in [0.29, 0.717) is 25.3 Å². The first-order valence-corrected chi connectivity index (χ1v) is 7.83. The highest BCUT2D eigenvalue weighted by atomic mass is 19.1. The Kier molecular flexibility index (Phi) is 5.77. The molecule has 122 valence electrons. The number of hydrogen-bond donors (Lipinski definition) is 2. The van der Waals surface area contributed by atoms with Gasteiger partial charge >= 0.3 is 0 Å². The summed E-state index contributed by atoms with van der Waals surface area (Å²) in [5, 5.41) is 12.0. The topological polar surface area (TPSA) is 58.6 Å². The number of aliphatic hydroxyl groups excluding tert-OH is 1. The van der Waals surface area contributed by atoms with Crippen LogP contribution in [0.4, 0.5) is 4.39 Å². The molecule has 0 aliphatic carbocycles. The molecule has 2 rings (SSSR count). The van der Waals surface area contributed by atoms with Crippen molar-refractivity contribution >= 4 is 5.91 Å². The lowest BCUT2D eigenvalue weighted by Crippen LogP contribution is -2.40. The summed E-state index contributed by atoms with van der Waals surface area (Å²) >= 11 is 0. The third-order valence-electron chi connectivity index (χ3n) is 3.91. The van der Waals surface area contributed by atoms with Crippen LogP contribution >= 0.6 is 0 Å². The smallest absolute Gasteiger partial charge is 0.261 e. The Hall–Kier alpha value is -1.62. The quantitative estimate of drug-likeness (QED) is 0.812. The van der Waals surface area contributed by atoms with E-state index >= 15 is 0 Å². The van der Waals surface area contributed by atoms with Gasteiger partial charge in [-0.25, -0.2) is 4.39 Å². The van der Waals surface area contributed by atoms with Crippen LogP contribution < -0.4 is 10.1 Å². The Morgan fingerprint density at radius 1 is 1.50 bits per heavy atom. The van der Waals surface area contributed by atoms with Crippen LogP contribution in [0.3, 0.4) is 0 Å². The van der Waals surface area contributed by atoms with Gasteiger partial charge < -0.3 is 15.2 Å². The standard InChI is InChI=1S/C17H24FNO3/c1-11(2)8-12(6-7-20)10-19-17(21)15-9-13-4-3-5-14(18)16(13)22-15/h3-5,11-12,15,20H,6-10H2,1-2H3,(H,19,21). The second kappa shape index (κ2) is 7.58. The lowest BCUT2D eigenvalue weighted by Gasteiger charge is -2.20. The molecule has 2 atom stereocenters. The maximum Gasteiger partial charge on any atom is 0.261 e. The van der Waals surface area contributed by atoms with Crippen LogP contribution in [0.2, 0.25) is 0 Å². The van der Waals surface area contributed by atoms with Crippen LogP contribution in [0.1, 0.15) is 32.3 Å². The molecule has 0 saturated carbocycles. The lowest BCUT2D eigenvalue weighted by molar-refractivity contribution is -0.127. The second-order valence-corrected chi connectivity index (χ2v) is 6.29. The number of hydrogen-bond acceptors (Lipinski definition) is 3. The number of amides is 1. The molecule has 0 bridgehead atoms. The van der Waals surface area contributed by atoms with Crippen molar-refractivity contribution in [2.75, 3.05) is 13.2 Å². The monoisotopic (exact) mass is 309 g/mol. The number of halogens is 1. The molecular weight excluding hydrogens is 285 g/mol. The lowest BCUT2D eigenvalue weighted by atomic mass is 9.94. The summed E-state index contributed by atoms with van der Waals surface area (Å²) in [4.78, 5) is 12.2. The zero-order chi connectivity index (χ0) is 16.1. The van der Waals surface area contributed by atoms with Gasteiger partial charge in [0.25, 0.3) is 5.91 Å². The molecule has 1 aliphatic heterocycles. The van der Waals surface area contributed by atoms with Crippen molar-refractivity contribution in [3.8, 4) is 5.75 Å². The fourth-order valence-corrected chi connectivity index (χ4v) is 2.89. The minimum Gasteiger partial charge on any atom is -0.477 e. The highest BCUT2D eigenvalue weighted by molar-refractivity contribution is 5.82. The highest BCUT2D eigenvalue weighted by Crippen LogP contribution is 2.31. The summed E-state index contributed by atoms with van der Waals surface area (Å²) in [5.74, 6) is 0.300. The third-order valence-corrected chi connectivity index (χ3v) is 3.91. The van der Waals surface area contributed by atoms with Gasteiger partial charge in [0.15, 0.2) is 17.7 Å². The van der Waals surface area contributed by atoms with Crippen molar-refractivity contribution in [3.05, 3.63) is 29.6 Å². The molecule has 4 nitrogen and oxygen atoms in total. The van der Waals surface area contributed by atoms with E-state index in [0.717, 1.165) is 12.0 Å². The number of ether oxygens (including phenoxy) is 1. The predicted octanol–water partition coefficient (Wildman–Crippen LogP) is 2.29. The van der Waals surface area contributed by atoms with Crippen molar-refractivity contribution in [3.63, 3.8) is 0 Å². The van der Waals surface area contributed by atoms with Crippen molar-refractivity contribution in [2.24, 2.45) is 11.8 Å². The van der Waals surface area contributed by atoms with E-state index in [1.807, 2.05) is 0 Å². The summed E-state index contributed by atoms with van der Waals surface area (Å²) in [6, 6.07) is 4.73. The van der Waals surface area contributed by atoms with E-state index in [2.05, 4.69) is 19.2 Å². The molecule has 0 radical (unpaired) electrons. The first-order chi connectivity index (χ1) is 10.5. The van der Waals surface area contributed by atoms with Gasteiger partial charge in [-0.1, -0.05) is 26.0 Å².